The summed E-state index contributed by atoms with van der Waals surface area (Å²) in [5, 5.41) is 8.94. The van der Waals surface area contributed by atoms with Gasteiger partial charge in [-0.3, -0.25) is 4.57 Å². The summed E-state index contributed by atoms with van der Waals surface area (Å²) >= 11 is 0. The third-order valence-electron chi connectivity index (χ3n) is 7.09. The zero-order valence-corrected chi connectivity index (χ0v) is 25.0. The van der Waals surface area contributed by atoms with Crippen molar-refractivity contribution in [2.45, 2.75) is 59.3 Å². The van der Waals surface area contributed by atoms with E-state index < -0.39 is 143 Å². The zero-order valence-electron chi connectivity index (χ0n) is 39.1. The van der Waals surface area contributed by atoms with Crippen molar-refractivity contribution in [2.75, 3.05) is 30.9 Å². The molecule has 10 heteroatoms. The molecule has 0 radical (unpaired) electrons. The van der Waals surface area contributed by atoms with Gasteiger partial charge in [-0.15, -0.1) is 0 Å². The predicted molar refractivity (Wildman–Crippen MR) is 166 cm³/mol. The molecule has 0 saturated carbocycles. The van der Waals surface area contributed by atoms with Gasteiger partial charge in [0.25, 0.3) is 7.37 Å². The summed E-state index contributed by atoms with van der Waals surface area (Å²) in [5.74, 6) is -10.5. The molecule has 232 valence electrons. The minimum Gasteiger partial charge on any atom is -0.478 e. The lowest BCUT2D eigenvalue weighted by Crippen LogP contribution is -2.30. The first-order valence-corrected chi connectivity index (χ1v) is 15.0. The van der Waals surface area contributed by atoms with E-state index in [0.29, 0.717) is 0 Å². The second-order valence-electron chi connectivity index (χ2n) is 11.3. The normalized spacial score (nSPS) is 38.0. The Labute approximate surface area is 276 Å². The number of aromatic carboxylic acids is 1. The van der Waals surface area contributed by atoms with Crippen molar-refractivity contribution >= 4 is 35.6 Å². The van der Waals surface area contributed by atoms with Crippen LogP contribution in [-0.2, 0) is 9.09 Å². The Morgan fingerprint density at radius 3 is 2.48 bits per heavy atom. The number of carboxylic acid groups (broad SMARTS) is 1. The van der Waals surface area contributed by atoms with Crippen LogP contribution in [0.4, 0.5) is 18.9 Å². The van der Waals surface area contributed by atoms with Crippen LogP contribution in [0.3, 0.4) is 0 Å². The van der Waals surface area contributed by atoms with Crippen molar-refractivity contribution in [3.05, 3.63) is 87.0 Å². The molecule has 2 fully saturated rings. The summed E-state index contributed by atoms with van der Waals surface area (Å²) in [6.07, 6.45) is -7.71. The van der Waals surface area contributed by atoms with Crippen LogP contribution in [0.5, 0.6) is 0 Å². The molecule has 6 rings (SSSR count). The predicted octanol–water partition coefficient (Wildman–Crippen LogP) is 7.19. The number of carbonyl (C=O) groups is 1. The fourth-order valence-electron chi connectivity index (χ4n) is 5.29. The average molecular weight is 641 g/mol. The number of fused-ring (bicyclic) bond motifs is 2. The van der Waals surface area contributed by atoms with Crippen molar-refractivity contribution in [1.82, 2.24) is 0 Å². The van der Waals surface area contributed by atoms with Crippen LogP contribution < -0.4 is 10.2 Å². The second kappa shape index (κ2) is 10.9. The number of rotatable bonds is 4. The van der Waals surface area contributed by atoms with Gasteiger partial charge in [0.1, 0.15) is 29.9 Å². The molecule has 1 aliphatic carbocycles. The highest BCUT2D eigenvalue weighted by molar-refractivity contribution is 7.71. The monoisotopic (exact) mass is 640 g/mol. The molecule has 0 aromatic heterocycles. The van der Waals surface area contributed by atoms with Crippen LogP contribution in [0.15, 0.2) is 47.3 Å². The Morgan fingerprint density at radius 2 is 1.86 bits per heavy atom. The molecule has 44 heavy (non-hydrogen) atoms. The fraction of sp³-hybridized carbons (Fsp3) is 0.412. The van der Waals surface area contributed by atoms with Crippen LogP contribution >= 0.6 is 7.37 Å². The minimum absolute atomic E-state index is 0.114. The van der Waals surface area contributed by atoms with Crippen LogP contribution in [0.2, 0.25) is 0 Å². The SMILES string of the molecule is [2H]C1([2H])N(c2ccc3c(c2)P(=O)(OC(C)(C)C)C2=CC(=[N+]4C([2H])([2H])C([2H])([2H])C([2H])([2H])C4([2H])[2H])C=CC2=C3c2c(F)c(C)c(F)c(F)c2C(=O)O)C([2H])([2H])C([2H])(C)C1([2H])[2H]. The Morgan fingerprint density at radius 1 is 1.16 bits per heavy atom. The standard InChI is InChI=1S/C34H36F3N2O4P/c1-19-12-15-39(18-19)22-9-11-24-26(17-22)44(42,43-34(3,4)5)25-16-21(38-13-6-7-14-38)8-10-23(25)27(24)28-29(33(40)41)32(37)31(36)20(2)30(28)35/h8-11,16-17,19H,6-7,12-15,18H2,1-5H3/p+1/i6D2,7D2,12D2,13D2,14D2,15D2,18D2,19D. The van der Waals surface area contributed by atoms with E-state index >= 15 is 17.7 Å². The number of allylic oxidation sites excluding steroid dienone is 5. The molecule has 2 saturated heterocycles. The van der Waals surface area contributed by atoms with Gasteiger partial charge < -0.3 is 14.5 Å². The number of halogens is 3. The van der Waals surface area contributed by atoms with Gasteiger partial charge in [-0.1, -0.05) is 13.0 Å². The summed E-state index contributed by atoms with van der Waals surface area (Å²) < 4.78 is 198. The van der Waals surface area contributed by atoms with Gasteiger partial charge in [-0.05, 0) is 69.3 Å². The van der Waals surface area contributed by atoms with E-state index in [-0.39, 0.29) is 9.48 Å². The Hall–Kier alpha value is -3.42. The number of carboxylic acids is 1. The molecule has 2 unspecified atom stereocenters. The number of benzene rings is 2. The third kappa shape index (κ3) is 4.98. The van der Waals surface area contributed by atoms with E-state index in [1.165, 1.54) is 20.8 Å². The number of hydrogen-bond donors (Lipinski definition) is 1. The summed E-state index contributed by atoms with van der Waals surface area (Å²) in [4.78, 5) is 12.9. The van der Waals surface area contributed by atoms with E-state index in [2.05, 4.69) is 0 Å². The summed E-state index contributed by atoms with van der Waals surface area (Å²) in [5.41, 5.74) is -7.87. The lowest BCUT2D eigenvalue weighted by atomic mass is 9.85. The highest BCUT2D eigenvalue weighted by Gasteiger charge is 2.47. The molecular weight excluding hydrogens is 588 g/mol. The van der Waals surface area contributed by atoms with Crippen molar-refractivity contribution < 1.29 is 57.3 Å². The third-order valence-corrected chi connectivity index (χ3v) is 9.90. The molecule has 2 aromatic rings. The van der Waals surface area contributed by atoms with Crippen molar-refractivity contribution in [3.8, 4) is 0 Å². The van der Waals surface area contributed by atoms with E-state index in [4.69, 9.17) is 25.1 Å². The highest BCUT2D eigenvalue weighted by atomic mass is 31.2. The van der Waals surface area contributed by atoms with Crippen molar-refractivity contribution in [1.29, 1.82) is 0 Å². The number of hydrogen-bond acceptors (Lipinski definition) is 4. The van der Waals surface area contributed by atoms with Crippen LogP contribution in [0, 0.1) is 30.3 Å². The summed E-state index contributed by atoms with van der Waals surface area (Å²) in [7, 11) is -5.02. The largest absolute Gasteiger partial charge is 0.478 e. The topological polar surface area (TPSA) is 69.9 Å². The Bertz CT molecular complexity index is 2400. The lowest BCUT2D eigenvalue weighted by molar-refractivity contribution is -0.504. The van der Waals surface area contributed by atoms with E-state index in [0.717, 1.165) is 50.3 Å². The first-order chi connectivity index (χ1) is 26.3. The maximum atomic E-state index is 16.5. The van der Waals surface area contributed by atoms with E-state index in [1.807, 2.05) is 0 Å². The van der Waals surface area contributed by atoms with Crippen molar-refractivity contribution in [2.24, 2.45) is 5.89 Å². The quantitative estimate of drug-likeness (QED) is 0.218. The summed E-state index contributed by atoms with van der Waals surface area (Å²) in [6, 6.07) is 2.80. The van der Waals surface area contributed by atoms with Gasteiger partial charge in [0.05, 0.1) is 16.2 Å². The molecule has 6 nitrogen and oxygen atoms in total. The minimum atomic E-state index is -5.02. The van der Waals surface area contributed by atoms with Gasteiger partial charge in [0.2, 0.25) is 5.71 Å². The first kappa shape index (κ1) is 17.3. The zero-order chi connectivity index (χ0) is 45.2. The molecular formula is C34H37F3N2O4P+. The van der Waals surface area contributed by atoms with Gasteiger partial charge >= 0.3 is 5.97 Å². The molecule has 4 aliphatic rings. The lowest BCUT2D eigenvalue weighted by Gasteiger charge is -2.37. The first-order valence-electron chi connectivity index (χ1n) is 20.8. The van der Waals surface area contributed by atoms with Crippen LogP contribution in [0.25, 0.3) is 5.57 Å². The highest BCUT2D eigenvalue weighted by Crippen LogP contribution is 2.65. The number of anilines is 1. The molecule has 1 N–H and O–H groups in total. The van der Waals surface area contributed by atoms with Crippen LogP contribution in [0.1, 0.15) is 94.4 Å². The molecule has 2 aromatic carbocycles. The van der Waals surface area contributed by atoms with Gasteiger partial charge in [0, 0.05) is 75.4 Å². The second-order valence-corrected chi connectivity index (χ2v) is 13.5. The molecule has 3 aliphatic heterocycles. The van der Waals surface area contributed by atoms with Crippen LogP contribution in [-0.4, -0.2) is 53.0 Å². The Kier molecular flexibility index (Phi) is 4.28. The summed E-state index contributed by atoms with van der Waals surface area (Å²) in [6.45, 7) is -7.63. The van der Waals surface area contributed by atoms with Gasteiger partial charge in [-0.2, -0.15) is 0 Å². The molecule has 0 bridgehead atoms. The average Bonchev–Trinajstić information content (AvgIpc) is 3.20. The van der Waals surface area contributed by atoms with Crippen molar-refractivity contribution in [3.63, 3.8) is 0 Å². The van der Waals surface area contributed by atoms with Gasteiger partial charge in [0.15, 0.2) is 11.6 Å². The van der Waals surface area contributed by atoms with Gasteiger partial charge in [-0.25, -0.2) is 22.5 Å². The van der Waals surface area contributed by atoms with E-state index in [1.54, 1.807) is 0 Å². The number of nitrogens with zero attached hydrogens (tertiary/aromatic N) is 2. The maximum Gasteiger partial charge on any atom is 0.339 e. The maximum absolute atomic E-state index is 16.5. The molecule has 2 atom stereocenters. The molecule has 0 amide bonds. The molecule has 0 spiro atoms. The fourth-order valence-corrected chi connectivity index (χ4v) is 8.13. The smallest absolute Gasteiger partial charge is 0.339 e. The van der Waals surface area contributed by atoms with E-state index in [9.17, 15) is 9.90 Å². The Balaban J connectivity index is 1.85. The molecule has 3 heterocycles.